The minimum Gasteiger partial charge on any atom is -0.319 e. The third kappa shape index (κ3) is 2.40. The van der Waals surface area contributed by atoms with E-state index in [2.05, 4.69) is 10.3 Å². The van der Waals surface area contributed by atoms with Gasteiger partial charge in [0, 0.05) is 5.38 Å². The molecule has 0 atom stereocenters. The summed E-state index contributed by atoms with van der Waals surface area (Å²) >= 11 is 7.38. The molecule has 0 saturated heterocycles. The number of halogens is 1. The minimum absolute atomic E-state index is 0.244. The Bertz CT molecular complexity index is 511. The molecule has 1 aromatic heterocycles. The number of rotatable bonds is 2. The van der Waals surface area contributed by atoms with Gasteiger partial charge in [-0.05, 0) is 24.6 Å². The van der Waals surface area contributed by atoms with E-state index in [1.807, 2.05) is 13.0 Å². The van der Waals surface area contributed by atoms with E-state index in [1.165, 1.54) is 11.3 Å². The molecule has 2 aromatic rings. The van der Waals surface area contributed by atoms with Crippen molar-refractivity contribution in [2.75, 3.05) is 5.32 Å². The minimum atomic E-state index is -0.244. The molecule has 1 N–H and O–H groups in total. The second-order valence-corrected chi connectivity index (χ2v) is 4.44. The van der Waals surface area contributed by atoms with Crippen molar-refractivity contribution in [1.82, 2.24) is 4.98 Å². The number of hydrogen-bond donors (Lipinski definition) is 1. The first-order chi connectivity index (χ1) is 7.66. The lowest BCUT2D eigenvalue weighted by Gasteiger charge is -2.06. The Morgan fingerprint density at radius 3 is 2.94 bits per heavy atom. The van der Waals surface area contributed by atoms with Gasteiger partial charge in [0.2, 0.25) is 0 Å². The Hall–Kier alpha value is -1.39. The van der Waals surface area contributed by atoms with Gasteiger partial charge in [0.05, 0.1) is 16.2 Å². The Labute approximate surface area is 102 Å². The third-order valence-corrected chi connectivity index (χ3v) is 2.94. The molecule has 0 saturated carbocycles. The van der Waals surface area contributed by atoms with Crippen LogP contribution in [0.1, 0.15) is 16.1 Å². The van der Waals surface area contributed by atoms with Crippen LogP contribution in [0.2, 0.25) is 5.02 Å². The van der Waals surface area contributed by atoms with E-state index >= 15 is 0 Å². The highest BCUT2D eigenvalue weighted by molar-refractivity contribution is 7.07. The molecule has 0 aliphatic carbocycles. The van der Waals surface area contributed by atoms with Crippen molar-refractivity contribution in [2.45, 2.75) is 6.92 Å². The van der Waals surface area contributed by atoms with Crippen molar-refractivity contribution in [3.8, 4) is 0 Å². The van der Waals surface area contributed by atoms with Crippen LogP contribution in [0.15, 0.2) is 29.1 Å². The van der Waals surface area contributed by atoms with Gasteiger partial charge in [-0.15, -0.1) is 11.3 Å². The van der Waals surface area contributed by atoms with Crippen LogP contribution in [-0.2, 0) is 0 Å². The summed E-state index contributed by atoms with van der Waals surface area (Å²) in [5.74, 6) is -0.244. The van der Waals surface area contributed by atoms with E-state index in [-0.39, 0.29) is 5.91 Å². The summed E-state index contributed by atoms with van der Waals surface area (Å²) in [4.78, 5) is 15.6. The summed E-state index contributed by atoms with van der Waals surface area (Å²) in [7, 11) is 0. The van der Waals surface area contributed by atoms with Crippen molar-refractivity contribution in [3.63, 3.8) is 0 Å². The molecular formula is C11H9ClN2OS. The maximum atomic E-state index is 11.7. The van der Waals surface area contributed by atoms with Crippen LogP contribution in [-0.4, -0.2) is 10.9 Å². The number of carbonyl (C=O) groups excluding carboxylic acids is 1. The summed E-state index contributed by atoms with van der Waals surface area (Å²) in [6.45, 7) is 1.94. The zero-order chi connectivity index (χ0) is 11.5. The van der Waals surface area contributed by atoms with Gasteiger partial charge in [0.1, 0.15) is 5.69 Å². The number of hydrogen-bond acceptors (Lipinski definition) is 3. The van der Waals surface area contributed by atoms with Gasteiger partial charge in [0.25, 0.3) is 5.91 Å². The smallest absolute Gasteiger partial charge is 0.275 e. The first-order valence-electron chi connectivity index (χ1n) is 4.62. The van der Waals surface area contributed by atoms with E-state index in [4.69, 9.17) is 11.6 Å². The standard InChI is InChI=1S/C11H9ClN2OS/c1-7-2-3-9(8(12)4-7)14-11(15)10-5-16-6-13-10/h2-6H,1H3,(H,14,15). The number of nitrogens with one attached hydrogen (secondary N) is 1. The quantitative estimate of drug-likeness (QED) is 0.891. The Kier molecular flexibility index (Phi) is 3.22. The number of thiazole rings is 1. The van der Waals surface area contributed by atoms with Crippen molar-refractivity contribution in [3.05, 3.63) is 45.4 Å². The fourth-order valence-electron chi connectivity index (χ4n) is 1.23. The van der Waals surface area contributed by atoms with Gasteiger partial charge in [-0.1, -0.05) is 17.7 Å². The predicted octanol–water partition coefficient (Wildman–Crippen LogP) is 3.36. The van der Waals surface area contributed by atoms with Crippen LogP contribution < -0.4 is 5.32 Å². The molecule has 0 fully saturated rings. The highest BCUT2D eigenvalue weighted by Gasteiger charge is 2.09. The van der Waals surface area contributed by atoms with Crippen molar-refractivity contribution in [1.29, 1.82) is 0 Å². The molecule has 0 spiro atoms. The molecule has 0 aliphatic heterocycles. The molecule has 5 heteroatoms. The monoisotopic (exact) mass is 252 g/mol. The number of carbonyl (C=O) groups is 1. The lowest BCUT2D eigenvalue weighted by atomic mass is 10.2. The van der Waals surface area contributed by atoms with Gasteiger partial charge in [-0.3, -0.25) is 4.79 Å². The second-order valence-electron chi connectivity index (χ2n) is 3.31. The summed E-state index contributed by atoms with van der Waals surface area (Å²) in [5, 5.41) is 4.94. The molecule has 0 aliphatic rings. The first kappa shape index (κ1) is 11.1. The fraction of sp³-hybridized carbons (Fsp3) is 0.0909. The fourth-order valence-corrected chi connectivity index (χ4v) is 2.05. The van der Waals surface area contributed by atoms with Crippen molar-refractivity contribution in [2.24, 2.45) is 0 Å². The molecule has 2 rings (SSSR count). The van der Waals surface area contributed by atoms with Crippen LogP contribution in [0.3, 0.4) is 0 Å². The van der Waals surface area contributed by atoms with Gasteiger partial charge < -0.3 is 5.32 Å². The lowest BCUT2D eigenvalue weighted by Crippen LogP contribution is -2.12. The Balaban J connectivity index is 2.18. The summed E-state index contributed by atoms with van der Waals surface area (Å²) in [6.07, 6.45) is 0. The van der Waals surface area contributed by atoms with Gasteiger partial charge >= 0.3 is 0 Å². The number of aryl methyl sites for hydroxylation is 1. The average Bonchev–Trinajstić information content (AvgIpc) is 2.75. The SMILES string of the molecule is Cc1ccc(NC(=O)c2cscn2)c(Cl)c1. The van der Waals surface area contributed by atoms with E-state index in [0.717, 1.165) is 5.56 Å². The zero-order valence-corrected chi connectivity index (χ0v) is 10.1. The molecular weight excluding hydrogens is 244 g/mol. The molecule has 16 heavy (non-hydrogen) atoms. The van der Waals surface area contributed by atoms with Crippen LogP contribution >= 0.6 is 22.9 Å². The second kappa shape index (κ2) is 4.63. The van der Waals surface area contributed by atoms with Gasteiger partial charge in [0.15, 0.2) is 0 Å². The molecule has 0 bridgehead atoms. The topological polar surface area (TPSA) is 42.0 Å². The maximum absolute atomic E-state index is 11.7. The van der Waals surface area contributed by atoms with E-state index in [0.29, 0.717) is 16.4 Å². The third-order valence-electron chi connectivity index (χ3n) is 2.04. The molecule has 0 radical (unpaired) electrons. The van der Waals surface area contributed by atoms with Gasteiger partial charge in [-0.25, -0.2) is 4.98 Å². The highest BCUT2D eigenvalue weighted by atomic mass is 35.5. The lowest BCUT2D eigenvalue weighted by molar-refractivity contribution is 0.102. The van der Waals surface area contributed by atoms with Crippen LogP contribution in [0.25, 0.3) is 0 Å². The molecule has 1 aromatic carbocycles. The van der Waals surface area contributed by atoms with Crippen molar-refractivity contribution >= 4 is 34.5 Å². The first-order valence-corrected chi connectivity index (χ1v) is 5.94. The van der Waals surface area contributed by atoms with Crippen LogP contribution in [0, 0.1) is 6.92 Å². The van der Waals surface area contributed by atoms with Gasteiger partial charge in [-0.2, -0.15) is 0 Å². The summed E-state index contributed by atoms with van der Waals surface area (Å²) in [6, 6.07) is 5.47. The largest absolute Gasteiger partial charge is 0.319 e. The number of amides is 1. The van der Waals surface area contributed by atoms with E-state index in [1.54, 1.807) is 23.0 Å². The van der Waals surface area contributed by atoms with E-state index in [9.17, 15) is 4.79 Å². The molecule has 82 valence electrons. The number of anilines is 1. The number of benzene rings is 1. The van der Waals surface area contributed by atoms with Crippen molar-refractivity contribution < 1.29 is 4.79 Å². The molecule has 1 amide bonds. The van der Waals surface area contributed by atoms with E-state index < -0.39 is 0 Å². The molecule has 0 unspecified atom stereocenters. The number of aromatic nitrogens is 1. The Morgan fingerprint density at radius 1 is 1.50 bits per heavy atom. The number of nitrogens with zero attached hydrogens (tertiary/aromatic N) is 1. The van der Waals surface area contributed by atoms with Crippen LogP contribution in [0.4, 0.5) is 5.69 Å². The normalized spacial score (nSPS) is 10.1. The van der Waals surface area contributed by atoms with Crippen LogP contribution in [0.5, 0.6) is 0 Å². The Morgan fingerprint density at radius 2 is 2.31 bits per heavy atom. The average molecular weight is 253 g/mol. The summed E-state index contributed by atoms with van der Waals surface area (Å²) in [5.41, 5.74) is 3.68. The maximum Gasteiger partial charge on any atom is 0.275 e. The molecule has 3 nitrogen and oxygen atoms in total. The highest BCUT2D eigenvalue weighted by Crippen LogP contribution is 2.23. The summed E-state index contributed by atoms with van der Waals surface area (Å²) < 4.78 is 0. The molecule has 1 heterocycles. The predicted molar refractivity (Wildman–Crippen MR) is 66.3 cm³/mol. The zero-order valence-electron chi connectivity index (χ0n) is 8.53.